The molecule has 0 saturated heterocycles. The van der Waals surface area contributed by atoms with Crippen LogP contribution in [0.25, 0.3) is 0 Å². The van der Waals surface area contributed by atoms with Gasteiger partial charge in [0.1, 0.15) is 22.9 Å². The fourth-order valence-corrected chi connectivity index (χ4v) is 4.82. The number of carbonyl (C=O) groups is 2. The highest BCUT2D eigenvalue weighted by atomic mass is 32.2. The number of nitrogens with one attached hydrogen (secondary N) is 1. The smallest absolute Gasteiger partial charge is 0.361 e. The predicted molar refractivity (Wildman–Crippen MR) is 143 cm³/mol. The summed E-state index contributed by atoms with van der Waals surface area (Å²) >= 11 is 0. The van der Waals surface area contributed by atoms with Gasteiger partial charge < -0.3 is 38.3 Å². The first-order chi connectivity index (χ1) is 20.3. The third-order valence-electron chi connectivity index (χ3n) is 6.61. The van der Waals surface area contributed by atoms with Crippen molar-refractivity contribution in [3.05, 3.63) is 43.7 Å². The average Bonchev–Trinajstić information content (AvgIpc) is 3.88. The van der Waals surface area contributed by atoms with Gasteiger partial charge in [0.2, 0.25) is 11.5 Å². The van der Waals surface area contributed by atoms with Crippen molar-refractivity contribution in [2.75, 3.05) is 39.3 Å². The highest BCUT2D eigenvalue weighted by Gasteiger charge is 2.52. The Balaban J connectivity index is 0.000000199. The van der Waals surface area contributed by atoms with Gasteiger partial charge in [0.05, 0.1) is 45.8 Å². The molecule has 17 nitrogen and oxygen atoms in total. The largest absolute Gasteiger partial charge is 0.501 e. The zero-order chi connectivity index (χ0) is 31.6. The highest BCUT2D eigenvalue weighted by Crippen LogP contribution is 2.50. The Morgan fingerprint density at radius 3 is 2.21 bits per heavy atom. The molecule has 1 aliphatic heterocycles. The van der Waals surface area contributed by atoms with Crippen LogP contribution in [-0.2, 0) is 46.8 Å². The van der Waals surface area contributed by atoms with Crippen LogP contribution in [0.5, 0.6) is 11.5 Å². The van der Waals surface area contributed by atoms with Crippen LogP contribution in [0.2, 0.25) is 0 Å². The van der Waals surface area contributed by atoms with Crippen LogP contribution in [0.15, 0.2) is 9.59 Å². The van der Waals surface area contributed by atoms with Crippen LogP contribution in [0.1, 0.15) is 72.2 Å². The molecule has 0 bridgehead atoms. The second-order valence-electron chi connectivity index (χ2n) is 9.82. The van der Waals surface area contributed by atoms with E-state index in [9.17, 15) is 32.7 Å². The molecule has 43 heavy (non-hydrogen) atoms. The molecular formula is C25H32N4O13S. The lowest BCUT2D eigenvalue weighted by molar-refractivity contribution is -0.00848. The quantitative estimate of drug-likeness (QED) is 0.221. The van der Waals surface area contributed by atoms with Crippen molar-refractivity contribution < 1.29 is 51.4 Å². The van der Waals surface area contributed by atoms with Crippen molar-refractivity contribution in [1.82, 2.24) is 19.5 Å². The van der Waals surface area contributed by atoms with Crippen LogP contribution in [0.3, 0.4) is 0 Å². The number of fused-ring (bicyclic) bond motifs is 2. The molecule has 0 radical (unpaired) electrons. The van der Waals surface area contributed by atoms with Gasteiger partial charge in [-0.05, 0) is 39.5 Å². The minimum absolute atomic E-state index is 0.0545. The topological polar surface area (TPSA) is 236 Å². The van der Waals surface area contributed by atoms with E-state index in [4.69, 9.17) is 28.2 Å². The molecule has 0 atom stereocenters. The Morgan fingerprint density at radius 2 is 1.67 bits per heavy atom. The fraction of sp³-hybridized carbons (Fsp3) is 0.600. The van der Waals surface area contributed by atoms with Gasteiger partial charge in [-0.2, -0.15) is 8.42 Å². The van der Waals surface area contributed by atoms with Crippen LogP contribution in [0.4, 0.5) is 0 Å². The molecule has 5 rings (SSSR count). The third kappa shape index (κ3) is 6.87. The normalized spacial score (nSPS) is 17.2. The first-order valence-electron chi connectivity index (χ1n) is 13.4. The molecule has 18 heteroatoms. The Morgan fingerprint density at radius 1 is 1.05 bits per heavy atom. The summed E-state index contributed by atoms with van der Waals surface area (Å²) in [5.74, 6) is -2.70. The van der Waals surface area contributed by atoms with Crippen molar-refractivity contribution in [2.24, 2.45) is 0 Å². The summed E-state index contributed by atoms with van der Waals surface area (Å²) in [6.07, 6.45) is 3.39. The van der Waals surface area contributed by atoms with Gasteiger partial charge in [0, 0.05) is 0 Å². The first-order valence-corrected chi connectivity index (χ1v) is 15.2. The second-order valence-corrected chi connectivity index (χ2v) is 11.4. The van der Waals surface area contributed by atoms with E-state index in [0.29, 0.717) is 38.1 Å². The van der Waals surface area contributed by atoms with E-state index in [1.165, 1.54) is 4.57 Å². The van der Waals surface area contributed by atoms with Crippen LogP contribution >= 0.6 is 0 Å². The molecule has 3 aliphatic rings. The van der Waals surface area contributed by atoms with E-state index in [-0.39, 0.29) is 38.8 Å². The summed E-state index contributed by atoms with van der Waals surface area (Å²) in [5.41, 5.74) is -3.87. The first kappa shape index (κ1) is 32.1. The van der Waals surface area contributed by atoms with Crippen LogP contribution in [0, 0.1) is 0 Å². The molecule has 2 saturated carbocycles. The maximum Gasteiger partial charge on any atom is 0.361 e. The summed E-state index contributed by atoms with van der Waals surface area (Å²) in [6, 6.07) is 0. The minimum atomic E-state index is -4.00. The number of aliphatic hydroxyl groups is 1. The molecule has 2 aliphatic carbocycles. The standard InChI is InChI=1S/C13H16N2O7S.C12H16N2O6/c1-3-20-11(17)8-9(22-23(2,18)19)10(16)15-6-7-21-13(4-5-13)12(15)14-8;1-2-19-10(18)7-8(16)9(17)14-11(13-7)12(3-4-12)20-6-5-15/h3-7H2,1-2H3;15-16H,2-6H2,1H3,(H,13,14,17). The number of aromatic amines is 1. The van der Waals surface area contributed by atoms with E-state index in [1.54, 1.807) is 13.8 Å². The Bertz CT molecular complexity index is 1620. The number of aliphatic hydroxyl groups excluding tert-OH is 1. The number of H-pyrrole nitrogens is 1. The molecule has 3 heterocycles. The van der Waals surface area contributed by atoms with Gasteiger partial charge in [0.15, 0.2) is 11.4 Å². The van der Waals surface area contributed by atoms with Gasteiger partial charge in [-0.15, -0.1) is 0 Å². The molecule has 2 aromatic heterocycles. The van der Waals surface area contributed by atoms with Gasteiger partial charge in [-0.1, -0.05) is 0 Å². The molecule has 0 aromatic carbocycles. The van der Waals surface area contributed by atoms with Crippen molar-refractivity contribution >= 4 is 22.1 Å². The van der Waals surface area contributed by atoms with Gasteiger partial charge >= 0.3 is 22.1 Å². The molecular weight excluding hydrogens is 596 g/mol. The summed E-state index contributed by atoms with van der Waals surface area (Å²) in [7, 11) is -4.00. The van der Waals surface area contributed by atoms with Gasteiger partial charge in [-0.25, -0.2) is 19.6 Å². The summed E-state index contributed by atoms with van der Waals surface area (Å²) in [4.78, 5) is 58.5. The van der Waals surface area contributed by atoms with Crippen molar-refractivity contribution in [3.63, 3.8) is 0 Å². The summed E-state index contributed by atoms with van der Waals surface area (Å²) < 4.78 is 49.6. The number of hydrogen-bond donors (Lipinski definition) is 3. The zero-order valence-electron chi connectivity index (χ0n) is 23.7. The molecule has 1 spiro atoms. The minimum Gasteiger partial charge on any atom is -0.501 e. The van der Waals surface area contributed by atoms with Gasteiger partial charge in [0.25, 0.3) is 11.1 Å². The highest BCUT2D eigenvalue weighted by molar-refractivity contribution is 7.86. The lowest BCUT2D eigenvalue weighted by atomic mass is 10.2. The Kier molecular flexibility index (Phi) is 9.24. The number of nitrogens with zero attached hydrogens (tertiary/aromatic N) is 3. The van der Waals surface area contributed by atoms with E-state index in [1.807, 2.05) is 0 Å². The maximum absolute atomic E-state index is 12.6. The number of aromatic hydroxyl groups is 1. The average molecular weight is 629 g/mol. The number of ether oxygens (including phenoxy) is 4. The number of hydrogen-bond acceptors (Lipinski definition) is 15. The molecule has 3 N–H and O–H groups in total. The van der Waals surface area contributed by atoms with Crippen molar-refractivity contribution in [3.8, 4) is 11.5 Å². The van der Waals surface area contributed by atoms with Crippen molar-refractivity contribution in [1.29, 1.82) is 0 Å². The SMILES string of the molecule is CCOC(=O)c1nc(C2(OCCO)CC2)[nH]c(=O)c1O.CCOC(=O)c1nc2n(c(=O)c1OS(C)(=O)=O)CCOC21CC1. The van der Waals surface area contributed by atoms with E-state index >= 15 is 0 Å². The van der Waals surface area contributed by atoms with Crippen LogP contribution in [-0.4, -0.2) is 89.4 Å². The molecule has 2 aromatic rings. The maximum atomic E-state index is 12.6. The molecule has 0 amide bonds. The lowest BCUT2D eigenvalue weighted by Gasteiger charge is -2.27. The number of carbonyl (C=O) groups excluding carboxylic acids is 2. The number of aromatic nitrogens is 4. The van der Waals surface area contributed by atoms with Crippen LogP contribution < -0.4 is 15.3 Å². The fourth-order valence-electron chi connectivity index (χ4n) is 4.36. The molecule has 2 fully saturated rings. The Hall–Kier alpha value is -3.87. The number of rotatable bonds is 10. The summed E-state index contributed by atoms with van der Waals surface area (Å²) in [5, 5.41) is 18.4. The van der Waals surface area contributed by atoms with E-state index < -0.39 is 67.3 Å². The zero-order valence-corrected chi connectivity index (χ0v) is 24.5. The Labute approximate surface area is 244 Å². The van der Waals surface area contributed by atoms with E-state index in [2.05, 4.69) is 15.0 Å². The van der Waals surface area contributed by atoms with E-state index in [0.717, 1.165) is 6.26 Å². The molecule has 0 unspecified atom stereocenters. The summed E-state index contributed by atoms with van der Waals surface area (Å²) in [6.45, 7) is 3.82. The molecule has 236 valence electrons. The predicted octanol–water partition coefficient (Wildman–Crippen LogP) is -0.572. The monoisotopic (exact) mass is 628 g/mol. The second kappa shape index (κ2) is 12.4. The van der Waals surface area contributed by atoms with Gasteiger partial charge in [-0.3, -0.25) is 14.2 Å². The lowest BCUT2D eigenvalue weighted by Crippen LogP contribution is -2.39. The third-order valence-corrected chi connectivity index (χ3v) is 7.07. The number of esters is 2. The van der Waals surface area contributed by atoms with Crippen molar-refractivity contribution in [2.45, 2.75) is 57.3 Å².